The first-order valence-electron chi connectivity index (χ1n) is 6.59. The molecule has 0 spiro atoms. The van der Waals surface area contributed by atoms with Crippen LogP contribution in [-0.4, -0.2) is 26.0 Å². The maximum absolute atomic E-state index is 11.0. The van der Waals surface area contributed by atoms with E-state index in [-0.39, 0.29) is 17.2 Å². The van der Waals surface area contributed by atoms with Crippen LogP contribution < -0.4 is 0 Å². The van der Waals surface area contributed by atoms with Crippen LogP contribution >= 0.6 is 0 Å². The van der Waals surface area contributed by atoms with E-state index in [1.165, 1.54) is 0 Å². The van der Waals surface area contributed by atoms with Gasteiger partial charge in [0.05, 0.1) is 17.4 Å². The SMILES string of the molecule is O=C(O)c1cccc(-n2cc(C3C=CC(O)=CC3)cn2)c1. The quantitative estimate of drug-likeness (QED) is 0.907. The Kier molecular flexibility index (Phi) is 3.31. The zero-order valence-electron chi connectivity index (χ0n) is 11.2. The Morgan fingerprint density at radius 3 is 2.95 bits per heavy atom. The molecule has 1 atom stereocenters. The van der Waals surface area contributed by atoms with E-state index in [4.69, 9.17) is 5.11 Å². The average molecular weight is 282 g/mol. The summed E-state index contributed by atoms with van der Waals surface area (Å²) in [5, 5.41) is 22.6. The molecule has 0 fully saturated rings. The standard InChI is InChI=1S/C16H14N2O3/c19-15-6-4-11(5-7-15)13-9-17-18(10-13)14-3-1-2-12(8-14)16(20)21/h1-4,6-11,19H,5H2,(H,20,21). The molecule has 0 aliphatic heterocycles. The Morgan fingerprint density at radius 2 is 2.24 bits per heavy atom. The van der Waals surface area contributed by atoms with Crippen LogP contribution in [0, 0.1) is 0 Å². The number of hydrogen-bond donors (Lipinski definition) is 2. The summed E-state index contributed by atoms with van der Waals surface area (Å²) < 4.78 is 1.66. The zero-order chi connectivity index (χ0) is 14.8. The molecule has 1 aliphatic carbocycles. The van der Waals surface area contributed by atoms with E-state index >= 15 is 0 Å². The number of carboxylic acids is 1. The highest BCUT2D eigenvalue weighted by Crippen LogP contribution is 2.26. The molecule has 5 nitrogen and oxygen atoms in total. The Hall–Kier alpha value is -2.82. The Balaban J connectivity index is 1.87. The van der Waals surface area contributed by atoms with E-state index in [9.17, 15) is 9.90 Å². The fourth-order valence-electron chi connectivity index (χ4n) is 2.31. The number of aliphatic hydroxyl groups is 1. The molecule has 1 aromatic carbocycles. The van der Waals surface area contributed by atoms with Crippen LogP contribution in [0.2, 0.25) is 0 Å². The van der Waals surface area contributed by atoms with Crippen LogP contribution in [0.4, 0.5) is 0 Å². The maximum atomic E-state index is 11.0. The van der Waals surface area contributed by atoms with Gasteiger partial charge in [-0.15, -0.1) is 0 Å². The van der Waals surface area contributed by atoms with Gasteiger partial charge in [0.15, 0.2) is 0 Å². The molecule has 3 rings (SSSR count). The van der Waals surface area contributed by atoms with E-state index in [1.54, 1.807) is 41.2 Å². The molecule has 0 saturated carbocycles. The molecule has 21 heavy (non-hydrogen) atoms. The van der Waals surface area contributed by atoms with Gasteiger partial charge in [-0.25, -0.2) is 9.48 Å². The number of aliphatic hydroxyl groups excluding tert-OH is 1. The third-order valence-electron chi connectivity index (χ3n) is 3.47. The number of hydrogen-bond acceptors (Lipinski definition) is 3. The average Bonchev–Trinajstić information content (AvgIpc) is 2.98. The largest absolute Gasteiger partial charge is 0.508 e. The third kappa shape index (κ3) is 2.72. The van der Waals surface area contributed by atoms with E-state index in [0.29, 0.717) is 5.69 Å². The second kappa shape index (κ2) is 5.28. The molecule has 1 aliphatic rings. The second-order valence-corrected chi connectivity index (χ2v) is 4.90. The Morgan fingerprint density at radius 1 is 1.38 bits per heavy atom. The van der Waals surface area contributed by atoms with Crippen LogP contribution in [0.25, 0.3) is 5.69 Å². The minimum absolute atomic E-state index is 0.178. The molecule has 0 saturated heterocycles. The lowest BCUT2D eigenvalue weighted by atomic mass is 9.95. The van der Waals surface area contributed by atoms with Gasteiger partial charge in [-0.05, 0) is 42.3 Å². The normalized spacial score (nSPS) is 17.5. The van der Waals surface area contributed by atoms with Crippen molar-refractivity contribution in [2.45, 2.75) is 12.3 Å². The fraction of sp³-hybridized carbons (Fsp3) is 0.125. The molecule has 106 valence electrons. The predicted molar refractivity (Wildman–Crippen MR) is 77.7 cm³/mol. The number of rotatable bonds is 3. The molecule has 2 aromatic rings. The number of carbonyl (C=O) groups is 1. The molecular weight excluding hydrogens is 268 g/mol. The summed E-state index contributed by atoms with van der Waals surface area (Å²) in [6, 6.07) is 6.64. The molecule has 5 heteroatoms. The lowest BCUT2D eigenvalue weighted by Gasteiger charge is -2.11. The van der Waals surface area contributed by atoms with Crippen molar-refractivity contribution in [2.75, 3.05) is 0 Å². The molecule has 0 bridgehead atoms. The van der Waals surface area contributed by atoms with Gasteiger partial charge >= 0.3 is 5.97 Å². The first-order chi connectivity index (χ1) is 10.1. The predicted octanol–water partition coefficient (Wildman–Crippen LogP) is 3.06. The highest BCUT2D eigenvalue weighted by Gasteiger charge is 2.13. The molecule has 0 amide bonds. The lowest BCUT2D eigenvalue weighted by Crippen LogP contribution is -2.00. The van der Waals surface area contributed by atoms with Crippen molar-refractivity contribution in [3.05, 3.63) is 71.8 Å². The smallest absolute Gasteiger partial charge is 0.335 e. The highest BCUT2D eigenvalue weighted by molar-refractivity contribution is 5.88. The van der Waals surface area contributed by atoms with E-state index in [2.05, 4.69) is 5.10 Å². The lowest BCUT2D eigenvalue weighted by molar-refractivity contribution is 0.0697. The number of carboxylic acid groups (broad SMARTS) is 1. The zero-order valence-corrected chi connectivity index (χ0v) is 11.2. The molecule has 1 unspecified atom stereocenters. The number of nitrogens with zero attached hydrogens (tertiary/aromatic N) is 2. The minimum atomic E-state index is -0.958. The van der Waals surface area contributed by atoms with Crippen molar-refractivity contribution in [1.29, 1.82) is 0 Å². The Labute approximate surface area is 121 Å². The van der Waals surface area contributed by atoms with Crippen LogP contribution in [-0.2, 0) is 0 Å². The van der Waals surface area contributed by atoms with Gasteiger partial charge in [0.2, 0.25) is 0 Å². The second-order valence-electron chi connectivity index (χ2n) is 4.90. The molecule has 2 N–H and O–H groups in total. The summed E-state index contributed by atoms with van der Waals surface area (Å²) in [4.78, 5) is 11.0. The first-order valence-corrected chi connectivity index (χ1v) is 6.59. The first kappa shape index (κ1) is 13.2. The minimum Gasteiger partial charge on any atom is -0.508 e. The van der Waals surface area contributed by atoms with Gasteiger partial charge in [-0.1, -0.05) is 12.1 Å². The van der Waals surface area contributed by atoms with Crippen molar-refractivity contribution in [3.8, 4) is 5.69 Å². The number of aromatic carboxylic acids is 1. The third-order valence-corrected chi connectivity index (χ3v) is 3.47. The van der Waals surface area contributed by atoms with Crippen molar-refractivity contribution < 1.29 is 15.0 Å². The van der Waals surface area contributed by atoms with E-state index < -0.39 is 5.97 Å². The van der Waals surface area contributed by atoms with Crippen molar-refractivity contribution >= 4 is 5.97 Å². The van der Waals surface area contributed by atoms with Gasteiger partial charge in [0.1, 0.15) is 5.76 Å². The maximum Gasteiger partial charge on any atom is 0.335 e. The molecule has 1 heterocycles. The Bertz CT molecular complexity index is 743. The molecule has 1 aromatic heterocycles. The van der Waals surface area contributed by atoms with Gasteiger partial charge < -0.3 is 10.2 Å². The van der Waals surface area contributed by atoms with Crippen molar-refractivity contribution in [2.24, 2.45) is 0 Å². The topological polar surface area (TPSA) is 75.3 Å². The van der Waals surface area contributed by atoms with Crippen LogP contribution in [0.3, 0.4) is 0 Å². The number of benzene rings is 1. The highest BCUT2D eigenvalue weighted by atomic mass is 16.4. The number of aromatic nitrogens is 2. The molecular formula is C16H14N2O3. The monoisotopic (exact) mass is 282 g/mol. The summed E-state index contributed by atoms with van der Waals surface area (Å²) in [6.45, 7) is 0. The summed E-state index contributed by atoms with van der Waals surface area (Å²) in [7, 11) is 0. The van der Waals surface area contributed by atoms with Crippen LogP contribution in [0.15, 0.2) is 60.6 Å². The van der Waals surface area contributed by atoms with Crippen molar-refractivity contribution in [3.63, 3.8) is 0 Å². The fourth-order valence-corrected chi connectivity index (χ4v) is 2.31. The summed E-state index contributed by atoms with van der Waals surface area (Å²) in [5.41, 5.74) is 1.96. The summed E-state index contributed by atoms with van der Waals surface area (Å²) in [6.07, 6.45) is 9.75. The van der Waals surface area contributed by atoms with Gasteiger partial charge in [0.25, 0.3) is 0 Å². The summed E-state index contributed by atoms with van der Waals surface area (Å²) >= 11 is 0. The van der Waals surface area contributed by atoms with Gasteiger partial charge in [-0.2, -0.15) is 5.10 Å². The summed E-state index contributed by atoms with van der Waals surface area (Å²) in [5.74, 6) is -0.495. The van der Waals surface area contributed by atoms with Crippen LogP contribution in [0.1, 0.15) is 28.3 Å². The van der Waals surface area contributed by atoms with Crippen LogP contribution in [0.5, 0.6) is 0 Å². The van der Waals surface area contributed by atoms with E-state index in [1.807, 2.05) is 18.3 Å². The molecule has 0 radical (unpaired) electrons. The van der Waals surface area contributed by atoms with E-state index in [0.717, 1.165) is 12.0 Å². The van der Waals surface area contributed by atoms with Gasteiger partial charge in [0, 0.05) is 12.1 Å². The van der Waals surface area contributed by atoms with Gasteiger partial charge in [-0.3, -0.25) is 0 Å². The number of allylic oxidation sites excluding steroid dienone is 3. The van der Waals surface area contributed by atoms with Crippen molar-refractivity contribution in [1.82, 2.24) is 9.78 Å².